The molecule has 2 N–H and O–H groups in total. The summed E-state index contributed by atoms with van der Waals surface area (Å²) in [5.74, 6) is 0.499. The Labute approximate surface area is 89.2 Å². The summed E-state index contributed by atoms with van der Waals surface area (Å²) in [6, 6.07) is 3.24. The number of hydrogen-bond donors (Lipinski definition) is 1. The number of rotatable bonds is 2. The molecule has 0 radical (unpaired) electrons. The Hall–Kier alpha value is -1.09. The Morgan fingerprint density at radius 2 is 2.07 bits per heavy atom. The van der Waals surface area contributed by atoms with Gasteiger partial charge in [-0.25, -0.2) is 4.39 Å². The lowest BCUT2D eigenvalue weighted by Gasteiger charge is -2.39. The summed E-state index contributed by atoms with van der Waals surface area (Å²) in [5.41, 5.74) is 7.20. The fraction of sp³-hybridized carbons (Fsp3) is 0.500. The van der Waals surface area contributed by atoms with Crippen LogP contribution >= 0.6 is 0 Å². The zero-order chi connectivity index (χ0) is 11.1. The standard InChI is InChI=1S/C12H16FNO/c1-8-6-11(15-2)9(7-10(8)13)12(14)4-3-5-12/h6-7H,3-5,14H2,1-2H3. The molecule has 82 valence electrons. The fourth-order valence-corrected chi connectivity index (χ4v) is 2.04. The van der Waals surface area contributed by atoms with E-state index in [1.54, 1.807) is 20.1 Å². The van der Waals surface area contributed by atoms with Crippen LogP contribution in [-0.2, 0) is 5.54 Å². The first-order valence-electron chi connectivity index (χ1n) is 5.20. The van der Waals surface area contributed by atoms with E-state index in [1.807, 2.05) is 0 Å². The van der Waals surface area contributed by atoms with Gasteiger partial charge in [-0.05, 0) is 43.9 Å². The molecule has 0 amide bonds. The minimum Gasteiger partial charge on any atom is -0.496 e. The maximum Gasteiger partial charge on any atom is 0.126 e. The maximum absolute atomic E-state index is 13.5. The lowest BCUT2D eigenvalue weighted by molar-refractivity contribution is 0.243. The average molecular weight is 209 g/mol. The molecule has 0 aromatic heterocycles. The van der Waals surface area contributed by atoms with E-state index < -0.39 is 0 Å². The van der Waals surface area contributed by atoms with E-state index >= 15 is 0 Å². The summed E-state index contributed by atoms with van der Waals surface area (Å²) in [6.07, 6.45) is 2.92. The van der Waals surface area contributed by atoms with Gasteiger partial charge in [-0.2, -0.15) is 0 Å². The largest absolute Gasteiger partial charge is 0.496 e. The Balaban J connectivity index is 2.49. The summed E-state index contributed by atoms with van der Waals surface area (Å²) >= 11 is 0. The highest BCUT2D eigenvalue weighted by Crippen LogP contribution is 2.43. The number of halogens is 1. The molecule has 1 saturated carbocycles. The van der Waals surface area contributed by atoms with E-state index in [0.717, 1.165) is 24.8 Å². The molecular formula is C12H16FNO. The molecule has 0 unspecified atom stereocenters. The minimum absolute atomic E-state index is 0.206. The van der Waals surface area contributed by atoms with Gasteiger partial charge in [0.15, 0.2) is 0 Å². The van der Waals surface area contributed by atoms with Crippen molar-refractivity contribution in [2.45, 2.75) is 31.7 Å². The van der Waals surface area contributed by atoms with Crippen LogP contribution in [0.15, 0.2) is 12.1 Å². The number of hydrogen-bond acceptors (Lipinski definition) is 2. The van der Waals surface area contributed by atoms with Crippen molar-refractivity contribution in [3.05, 3.63) is 29.1 Å². The van der Waals surface area contributed by atoms with Gasteiger partial charge in [0.05, 0.1) is 7.11 Å². The van der Waals surface area contributed by atoms with Gasteiger partial charge >= 0.3 is 0 Å². The quantitative estimate of drug-likeness (QED) is 0.812. The molecule has 0 saturated heterocycles. The van der Waals surface area contributed by atoms with Crippen LogP contribution in [0.5, 0.6) is 5.75 Å². The molecule has 2 rings (SSSR count). The summed E-state index contributed by atoms with van der Waals surface area (Å²) in [7, 11) is 1.60. The first-order valence-corrected chi connectivity index (χ1v) is 5.20. The van der Waals surface area contributed by atoms with Gasteiger partial charge in [0.1, 0.15) is 11.6 Å². The third-order valence-electron chi connectivity index (χ3n) is 3.26. The third kappa shape index (κ3) is 1.61. The van der Waals surface area contributed by atoms with Gasteiger partial charge in [-0.15, -0.1) is 0 Å². The first-order chi connectivity index (χ1) is 7.07. The second kappa shape index (κ2) is 3.49. The fourth-order valence-electron chi connectivity index (χ4n) is 2.04. The van der Waals surface area contributed by atoms with Crippen LogP contribution in [0.4, 0.5) is 4.39 Å². The molecule has 1 aromatic rings. The average Bonchev–Trinajstić information content (AvgIpc) is 2.18. The molecule has 0 spiro atoms. The maximum atomic E-state index is 13.5. The van der Waals surface area contributed by atoms with E-state index in [1.165, 1.54) is 6.07 Å². The van der Waals surface area contributed by atoms with Gasteiger partial charge in [0.25, 0.3) is 0 Å². The summed E-state index contributed by atoms with van der Waals surface area (Å²) < 4.78 is 18.7. The van der Waals surface area contributed by atoms with Gasteiger partial charge in [-0.1, -0.05) is 0 Å². The lowest BCUT2D eigenvalue weighted by atomic mass is 9.72. The predicted molar refractivity (Wildman–Crippen MR) is 57.4 cm³/mol. The van der Waals surface area contributed by atoms with Crippen molar-refractivity contribution in [1.29, 1.82) is 0 Å². The van der Waals surface area contributed by atoms with E-state index in [4.69, 9.17) is 10.5 Å². The molecular weight excluding hydrogens is 193 g/mol. The van der Waals surface area contributed by atoms with Crippen LogP contribution in [-0.4, -0.2) is 7.11 Å². The summed E-state index contributed by atoms with van der Waals surface area (Å²) in [6.45, 7) is 1.73. The molecule has 0 bridgehead atoms. The number of ether oxygens (including phenoxy) is 1. The molecule has 1 aliphatic carbocycles. The molecule has 2 nitrogen and oxygen atoms in total. The van der Waals surface area contributed by atoms with Crippen molar-refractivity contribution < 1.29 is 9.13 Å². The van der Waals surface area contributed by atoms with Crippen LogP contribution in [0.25, 0.3) is 0 Å². The van der Waals surface area contributed by atoms with Crippen LogP contribution < -0.4 is 10.5 Å². The van der Waals surface area contributed by atoms with Gasteiger partial charge in [0.2, 0.25) is 0 Å². The number of methoxy groups -OCH3 is 1. The summed E-state index contributed by atoms with van der Waals surface area (Å²) in [4.78, 5) is 0. The Bertz CT molecular complexity index is 385. The SMILES string of the molecule is COc1cc(C)c(F)cc1C1(N)CCC1. The molecule has 0 atom stereocenters. The van der Waals surface area contributed by atoms with E-state index in [-0.39, 0.29) is 11.4 Å². The van der Waals surface area contributed by atoms with Crippen molar-refractivity contribution in [3.8, 4) is 5.75 Å². The van der Waals surface area contributed by atoms with Crippen LogP contribution in [0.1, 0.15) is 30.4 Å². The smallest absolute Gasteiger partial charge is 0.126 e. The van der Waals surface area contributed by atoms with Crippen LogP contribution in [0.3, 0.4) is 0 Å². The Morgan fingerprint density at radius 3 is 2.53 bits per heavy atom. The van der Waals surface area contributed by atoms with Crippen molar-refractivity contribution in [2.24, 2.45) is 5.73 Å². The van der Waals surface area contributed by atoms with Gasteiger partial charge < -0.3 is 10.5 Å². The monoisotopic (exact) mass is 209 g/mol. The zero-order valence-electron chi connectivity index (χ0n) is 9.14. The molecule has 1 aliphatic rings. The highest BCUT2D eigenvalue weighted by molar-refractivity contribution is 5.43. The zero-order valence-corrected chi connectivity index (χ0v) is 9.14. The van der Waals surface area contributed by atoms with Crippen molar-refractivity contribution in [1.82, 2.24) is 0 Å². The molecule has 0 aliphatic heterocycles. The molecule has 15 heavy (non-hydrogen) atoms. The van der Waals surface area contributed by atoms with Crippen molar-refractivity contribution >= 4 is 0 Å². The number of nitrogens with two attached hydrogens (primary N) is 1. The van der Waals surface area contributed by atoms with Gasteiger partial charge in [-0.3, -0.25) is 0 Å². The number of benzene rings is 1. The Morgan fingerprint density at radius 1 is 1.40 bits per heavy atom. The van der Waals surface area contributed by atoms with E-state index in [0.29, 0.717) is 11.3 Å². The highest BCUT2D eigenvalue weighted by atomic mass is 19.1. The van der Waals surface area contributed by atoms with Crippen LogP contribution in [0, 0.1) is 12.7 Å². The topological polar surface area (TPSA) is 35.2 Å². The molecule has 1 aromatic carbocycles. The number of aryl methyl sites for hydroxylation is 1. The van der Waals surface area contributed by atoms with Crippen molar-refractivity contribution in [3.63, 3.8) is 0 Å². The minimum atomic E-state index is -0.375. The molecule has 1 fully saturated rings. The predicted octanol–water partition coefficient (Wildman–Crippen LogP) is 2.48. The lowest BCUT2D eigenvalue weighted by Crippen LogP contribution is -2.43. The normalized spacial score (nSPS) is 18.4. The van der Waals surface area contributed by atoms with E-state index in [9.17, 15) is 4.39 Å². The Kier molecular flexibility index (Phi) is 2.43. The highest BCUT2D eigenvalue weighted by Gasteiger charge is 2.37. The van der Waals surface area contributed by atoms with Gasteiger partial charge in [0, 0.05) is 11.1 Å². The third-order valence-corrected chi connectivity index (χ3v) is 3.26. The first kappa shape index (κ1) is 10.4. The molecule has 3 heteroatoms. The second-order valence-corrected chi connectivity index (χ2v) is 4.31. The molecule has 0 heterocycles. The van der Waals surface area contributed by atoms with E-state index in [2.05, 4.69) is 0 Å². The second-order valence-electron chi connectivity index (χ2n) is 4.31. The summed E-state index contributed by atoms with van der Waals surface area (Å²) in [5, 5.41) is 0. The van der Waals surface area contributed by atoms with Crippen LogP contribution in [0.2, 0.25) is 0 Å². The van der Waals surface area contributed by atoms with Crippen molar-refractivity contribution in [2.75, 3.05) is 7.11 Å².